The standard InChI is InChI=1S/C11H13ClF3N3/c1-2-18(6-7-3-4-7)9-5-8(12)16-10(17-9)11(13,14)15/h5,7H,2-4,6H2,1H3. The number of hydrogen-bond acceptors (Lipinski definition) is 3. The molecule has 7 heteroatoms. The van der Waals surface area contributed by atoms with Gasteiger partial charge < -0.3 is 4.90 Å². The molecule has 1 aliphatic rings. The van der Waals surface area contributed by atoms with Crippen molar-refractivity contribution in [3.05, 3.63) is 17.0 Å². The maximum atomic E-state index is 12.6. The van der Waals surface area contributed by atoms with Gasteiger partial charge in [-0.25, -0.2) is 9.97 Å². The quantitative estimate of drug-likeness (QED) is 0.791. The average molecular weight is 280 g/mol. The van der Waals surface area contributed by atoms with E-state index in [4.69, 9.17) is 11.6 Å². The van der Waals surface area contributed by atoms with E-state index in [9.17, 15) is 13.2 Å². The van der Waals surface area contributed by atoms with E-state index in [0.717, 1.165) is 19.4 Å². The van der Waals surface area contributed by atoms with Crippen LogP contribution in [-0.2, 0) is 6.18 Å². The number of anilines is 1. The molecule has 0 N–H and O–H groups in total. The number of alkyl halides is 3. The summed E-state index contributed by atoms with van der Waals surface area (Å²) in [7, 11) is 0. The van der Waals surface area contributed by atoms with E-state index in [0.29, 0.717) is 12.5 Å². The summed E-state index contributed by atoms with van der Waals surface area (Å²) in [6.45, 7) is 3.20. The van der Waals surface area contributed by atoms with Crippen molar-refractivity contribution in [3.8, 4) is 0 Å². The molecule has 0 aliphatic heterocycles. The minimum absolute atomic E-state index is 0.179. The third-order valence-electron chi connectivity index (χ3n) is 2.82. The Morgan fingerprint density at radius 1 is 1.39 bits per heavy atom. The lowest BCUT2D eigenvalue weighted by Gasteiger charge is -2.22. The van der Waals surface area contributed by atoms with Crippen LogP contribution in [-0.4, -0.2) is 23.1 Å². The molecule has 1 saturated carbocycles. The minimum Gasteiger partial charge on any atom is -0.356 e. The van der Waals surface area contributed by atoms with E-state index >= 15 is 0 Å². The van der Waals surface area contributed by atoms with Crippen LogP contribution in [0.1, 0.15) is 25.6 Å². The summed E-state index contributed by atoms with van der Waals surface area (Å²) in [5.41, 5.74) is 0. The molecule has 3 nitrogen and oxygen atoms in total. The first-order chi connectivity index (χ1) is 8.40. The SMILES string of the molecule is CCN(CC1CC1)c1cc(Cl)nc(C(F)(F)F)n1. The second kappa shape index (κ2) is 4.91. The molecule has 0 spiro atoms. The zero-order valence-corrected chi connectivity index (χ0v) is 10.6. The van der Waals surface area contributed by atoms with Crippen LogP contribution in [0, 0.1) is 5.92 Å². The zero-order chi connectivity index (χ0) is 13.3. The predicted octanol–water partition coefficient (Wildman–Crippen LogP) is 3.39. The van der Waals surface area contributed by atoms with E-state index < -0.39 is 12.0 Å². The highest BCUT2D eigenvalue weighted by molar-refractivity contribution is 6.29. The number of aromatic nitrogens is 2. The van der Waals surface area contributed by atoms with Crippen molar-refractivity contribution in [2.24, 2.45) is 5.92 Å². The molecular weight excluding hydrogens is 267 g/mol. The highest BCUT2D eigenvalue weighted by Gasteiger charge is 2.36. The van der Waals surface area contributed by atoms with Crippen LogP contribution in [0.3, 0.4) is 0 Å². The Hall–Kier alpha value is -1.04. The number of hydrogen-bond donors (Lipinski definition) is 0. The summed E-state index contributed by atoms with van der Waals surface area (Å²) in [5.74, 6) is -0.371. The van der Waals surface area contributed by atoms with Crippen LogP contribution in [0.25, 0.3) is 0 Å². The molecule has 0 aromatic carbocycles. The third kappa shape index (κ3) is 3.25. The Bertz CT molecular complexity index is 432. The molecule has 0 radical (unpaired) electrons. The van der Waals surface area contributed by atoms with Gasteiger partial charge in [0.25, 0.3) is 0 Å². The lowest BCUT2D eigenvalue weighted by Crippen LogP contribution is -2.27. The van der Waals surface area contributed by atoms with E-state index in [-0.39, 0.29) is 11.0 Å². The van der Waals surface area contributed by atoms with Crippen LogP contribution in [0.4, 0.5) is 19.0 Å². The van der Waals surface area contributed by atoms with E-state index in [2.05, 4.69) is 9.97 Å². The number of halogens is 4. The molecule has 0 unspecified atom stereocenters. The summed E-state index contributed by atoms with van der Waals surface area (Å²) in [6.07, 6.45) is -2.32. The molecule has 1 heterocycles. The number of nitrogens with zero attached hydrogens (tertiary/aromatic N) is 3. The first-order valence-electron chi connectivity index (χ1n) is 5.77. The molecule has 0 saturated heterocycles. The molecule has 1 fully saturated rings. The fourth-order valence-corrected chi connectivity index (χ4v) is 1.87. The third-order valence-corrected chi connectivity index (χ3v) is 3.01. The monoisotopic (exact) mass is 279 g/mol. The van der Waals surface area contributed by atoms with Crippen molar-refractivity contribution in [2.45, 2.75) is 25.9 Å². The highest BCUT2D eigenvalue weighted by atomic mass is 35.5. The minimum atomic E-state index is -4.57. The smallest absolute Gasteiger partial charge is 0.356 e. The number of rotatable bonds is 4. The van der Waals surface area contributed by atoms with Crippen molar-refractivity contribution in [1.82, 2.24) is 9.97 Å². The van der Waals surface area contributed by atoms with Gasteiger partial charge in [0.05, 0.1) is 0 Å². The molecule has 0 bridgehead atoms. The second-order valence-corrected chi connectivity index (χ2v) is 4.74. The summed E-state index contributed by atoms with van der Waals surface area (Å²) in [5, 5.41) is -0.179. The predicted molar refractivity (Wildman–Crippen MR) is 62.7 cm³/mol. The molecule has 0 amide bonds. The Kier molecular flexibility index (Phi) is 3.66. The molecule has 2 rings (SSSR count). The fourth-order valence-electron chi connectivity index (χ4n) is 1.69. The van der Waals surface area contributed by atoms with Gasteiger partial charge in [-0.2, -0.15) is 13.2 Å². The Balaban J connectivity index is 2.27. The van der Waals surface area contributed by atoms with Gasteiger partial charge in [-0.3, -0.25) is 0 Å². The fraction of sp³-hybridized carbons (Fsp3) is 0.636. The highest BCUT2D eigenvalue weighted by Crippen LogP contribution is 2.33. The van der Waals surface area contributed by atoms with Crippen molar-refractivity contribution < 1.29 is 13.2 Å². The maximum Gasteiger partial charge on any atom is 0.451 e. The van der Waals surface area contributed by atoms with Gasteiger partial charge in [0, 0.05) is 19.2 Å². The van der Waals surface area contributed by atoms with Crippen molar-refractivity contribution in [1.29, 1.82) is 0 Å². The average Bonchev–Trinajstić information content (AvgIpc) is 3.07. The van der Waals surface area contributed by atoms with Gasteiger partial charge in [-0.1, -0.05) is 11.6 Å². The lowest BCUT2D eigenvalue weighted by molar-refractivity contribution is -0.144. The van der Waals surface area contributed by atoms with Crippen LogP contribution in [0.5, 0.6) is 0 Å². The topological polar surface area (TPSA) is 29.0 Å². The van der Waals surface area contributed by atoms with Gasteiger partial charge in [0.15, 0.2) is 0 Å². The van der Waals surface area contributed by atoms with Crippen LogP contribution >= 0.6 is 11.6 Å². The van der Waals surface area contributed by atoms with Crippen molar-refractivity contribution in [3.63, 3.8) is 0 Å². The Labute approximate surface area is 108 Å². The Morgan fingerprint density at radius 2 is 2.06 bits per heavy atom. The van der Waals surface area contributed by atoms with Crippen LogP contribution in [0.2, 0.25) is 5.15 Å². The van der Waals surface area contributed by atoms with Gasteiger partial charge in [-0.15, -0.1) is 0 Å². The molecule has 18 heavy (non-hydrogen) atoms. The van der Waals surface area contributed by atoms with Gasteiger partial charge >= 0.3 is 6.18 Å². The van der Waals surface area contributed by atoms with Gasteiger partial charge in [-0.05, 0) is 25.7 Å². The molecule has 1 aliphatic carbocycles. The van der Waals surface area contributed by atoms with Crippen molar-refractivity contribution in [2.75, 3.05) is 18.0 Å². The molecule has 1 aromatic heterocycles. The summed E-state index contributed by atoms with van der Waals surface area (Å²) in [4.78, 5) is 8.59. The van der Waals surface area contributed by atoms with E-state index in [1.807, 2.05) is 6.92 Å². The largest absolute Gasteiger partial charge is 0.451 e. The van der Waals surface area contributed by atoms with E-state index in [1.54, 1.807) is 4.90 Å². The van der Waals surface area contributed by atoms with Gasteiger partial charge in [0.1, 0.15) is 11.0 Å². The molecule has 1 aromatic rings. The molecule has 100 valence electrons. The molecule has 0 atom stereocenters. The summed E-state index contributed by atoms with van der Waals surface area (Å²) >= 11 is 5.63. The summed E-state index contributed by atoms with van der Waals surface area (Å²) < 4.78 is 37.8. The van der Waals surface area contributed by atoms with Gasteiger partial charge in [0.2, 0.25) is 5.82 Å². The first-order valence-corrected chi connectivity index (χ1v) is 6.14. The van der Waals surface area contributed by atoms with Crippen molar-refractivity contribution >= 4 is 17.4 Å². The van der Waals surface area contributed by atoms with Crippen LogP contribution < -0.4 is 4.90 Å². The second-order valence-electron chi connectivity index (χ2n) is 4.35. The van der Waals surface area contributed by atoms with Crippen LogP contribution in [0.15, 0.2) is 6.07 Å². The first kappa shape index (κ1) is 13.4. The van der Waals surface area contributed by atoms with E-state index in [1.165, 1.54) is 6.07 Å². The molecular formula is C11H13ClF3N3. The summed E-state index contributed by atoms with van der Waals surface area (Å²) in [6, 6.07) is 1.38. The zero-order valence-electron chi connectivity index (χ0n) is 9.84. The lowest BCUT2D eigenvalue weighted by atomic mass is 10.3. The normalized spacial score (nSPS) is 15.8. The Morgan fingerprint density at radius 3 is 2.56 bits per heavy atom. The maximum absolute atomic E-state index is 12.6.